The van der Waals surface area contributed by atoms with Crippen LogP contribution >= 0.6 is 23.1 Å². The molecule has 3 rings (SSSR count). The number of hydrogen-bond acceptors (Lipinski definition) is 4. The summed E-state index contributed by atoms with van der Waals surface area (Å²) in [6, 6.07) is 3.03. The molecule has 0 unspecified atom stereocenters. The molecule has 2 saturated heterocycles. The lowest BCUT2D eigenvalue weighted by Gasteiger charge is -2.40. The van der Waals surface area contributed by atoms with Gasteiger partial charge in [0, 0.05) is 32.2 Å². The molecule has 18 heavy (non-hydrogen) atoms. The lowest BCUT2D eigenvalue weighted by molar-refractivity contribution is 0.119. The van der Waals surface area contributed by atoms with Crippen LogP contribution in [0.15, 0.2) is 16.8 Å². The van der Waals surface area contributed by atoms with Gasteiger partial charge in [-0.3, -0.25) is 4.90 Å². The highest BCUT2D eigenvalue weighted by atomic mass is 32.2. The van der Waals surface area contributed by atoms with Crippen LogP contribution in [0.4, 0.5) is 0 Å². The minimum absolute atomic E-state index is 0.680. The Balaban J connectivity index is 1.78. The van der Waals surface area contributed by atoms with Crippen LogP contribution in [0.1, 0.15) is 24.4 Å². The summed E-state index contributed by atoms with van der Waals surface area (Å²) in [6.45, 7) is 4.73. The first kappa shape index (κ1) is 13.0. The van der Waals surface area contributed by atoms with Crippen molar-refractivity contribution in [3.05, 3.63) is 22.4 Å². The second-order valence-corrected chi connectivity index (χ2v) is 7.24. The molecular formula is C14H22N2S2. The molecule has 1 N–H and O–H groups in total. The van der Waals surface area contributed by atoms with Crippen molar-refractivity contribution in [1.29, 1.82) is 0 Å². The molecule has 0 amide bonds. The summed E-state index contributed by atoms with van der Waals surface area (Å²) in [5, 5.41) is 8.08. The average Bonchev–Trinajstić information content (AvgIpc) is 2.95. The summed E-state index contributed by atoms with van der Waals surface area (Å²) < 4.78 is 0. The Kier molecular flexibility index (Phi) is 4.63. The van der Waals surface area contributed by atoms with E-state index in [-0.39, 0.29) is 0 Å². The van der Waals surface area contributed by atoms with Gasteiger partial charge < -0.3 is 5.32 Å². The molecule has 0 spiro atoms. The van der Waals surface area contributed by atoms with Crippen molar-refractivity contribution < 1.29 is 0 Å². The molecular weight excluding hydrogens is 260 g/mol. The summed E-state index contributed by atoms with van der Waals surface area (Å²) in [7, 11) is 0. The molecule has 1 aromatic rings. The summed E-state index contributed by atoms with van der Waals surface area (Å²) >= 11 is 3.98. The van der Waals surface area contributed by atoms with Crippen molar-refractivity contribution in [2.24, 2.45) is 5.92 Å². The minimum Gasteiger partial charge on any atom is -0.314 e. The van der Waals surface area contributed by atoms with Crippen molar-refractivity contribution in [2.45, 2.75) is 18.9 Å². The van der Waals surface area contributed by atoms with E-state index >= 15 is 0 Å². The normalized spacial score (nSPS) is 25.1. The highest BCUT2D eigenvalue weighted by Gasteiger charge is 2.31. The van der Waals surface area contributed by atoms with Crippen LogP contribution in [-0.2, 0) is 0 Å². The molecule has 100 valence electrons. The topological polar surface area (TPSA) is 15.3 Å². The van der Waals surface area contributed by atoms with Gasteiger partial charge in [0.05, 0.1) is 0 Å². The summed E-state index contributed by atoms with van der Waals surface area (Å²) in [5.41, 5.74) is 1.57. The van der Waals surface area contributed by atoms with Gasteiger partial charge in [-0.25, -0.2) is 0 Å². The van der Waals surface area contributed by atoms with E-state index in [4.69, 9.17) is 0 Å². The fourth-order valence-corrected chi connectivity index (χ4v) is 5.05. The fraction of sp³-hybridized carbons (Fsp3) is 0.714. The molecule has 1 atom stereocenters. The second kappa shape index (κ2) is 6.42. The van der Waals surface area contributed by atoms with Crippen molar-refractivity contribution in [2.75, 3.05) is 37.7 Å². The molecule has 4 heteroatoms. The van der Waals surface area contributed by atoms with E-state index in [1.54, 1.807) is 5.56 Å². The zero-order valence-corrected chi connectivity index (χ0v) is 12.4. The van der Waals surface area contributed by atoms with E-state index < -0.39 is 0 Å². The molecule has 2 aliphatic heterocycles. The van der Waals surface area contributed by atoms with Gasteiger partial charge in [-0.1, -0.05) is 0 Å². The summed E-state index contributed by atoms with van der Waals surface area (Å²) in [5.74, 6) is 3.59. The number of nitrogens with zero attached hydrogens (tertiary/aromatic N) is 1. The van der Waals surface area contributed by atoms with E-state index in [1.165, 1.54) is 37.4 Å². The zero-order valence-electron chi connectivity index (χ0n) is 10.8. The van der Waals surface area contributed by atoms with Crippen molar-refractivity contribution in [3.63, 3.8) is 0 Å². The molecule has 0 aliphatic carbocycles. The quantitative estimate of drug-likeness (QED) is 0.918. The van der Waals surface area contributed by atoms with Crippen molar-refractivity contribution in [3.8, 4) is 0 Å². The Morgan fingerprint density at radius 3 is 2.67 bits per heavy atom. The minimum atomic E-state index is 0.680. The maximum Gasteiger partial charge on any atom is 0.0386 e. The second-order valence-electron chi connectivity index (χ2n) is 5.24. The van der Waals surface area contributed by atoms with Gasteiger partial charge in [0.2, 0.25) is 0 Å². The Morgan fingerprint density at radius 1 is 1.22 bits per heavy atom. The third-order valence-electron chi connectivity index (χ3n) is 4.14. The molecule has 2 nitrogen and oxygen atoms in total. The molecule has 0 saturated carbocycles. The van der Waals surface area contributed by atoms with Crippen LogP contribution in [0.3, 0.4) is 0 Å². The van der Waals surface area contributed by atoms with Crippen LogP contribution in [-0.4, -0.2) is 42.6 Å². The first-order valence-electron chi connectivity index (χ1n) is 7.00. The van der Waals surface area contributed by atoms with Crippen molar-refractivity contribution >= 4 is 23.1 Å². The average molecular weight is 282 g/mol. The SMILES string of the molecule is c1cc([C@H](C2CCSCC2)N2CCNCC2)cs1. The Bertz CT molecular complexity index is 323. The predicted molar refractivity (Wildman–Crippen MR) is 81.6 cm³/mol. The fourth-order valence-electron chi connectivity index (χ4n) is 3.22. The van der Waals surface area contributed by atoms with Crippen LogP contribution in [0.25, 0.3) is 0 Å². The highest BCUT2D eigenvalue weighted by molar-refractivity contribution is 7.99. The molecule has 2 aliphatic rings. The Labute approximate surface area is 118 Å². The van der Waals surface area contributed by atoms with Gasteiger partial charge in [-0.15, -0.1) is 0 Å². The summed E-state index contributed by atoms with van der Waals surface area (Å²) in [4.78, 5) is 2.72. The zero-order chi connectivity index (χ0) is 12.2. The first-order chi connectivity index (χ1) is 8.95. The smallest absolute Gasteiger partial charge is 0.0386 e. The molecule has 0 radical (unpaired) electrons. The molecule has 0 aromatic carbocycles. The van der Waals surface area contributed by atoms with Crippen LogP contribution < -0.4 is 5.32 Å². The molecule has 3 heterocycles. The monoisotopic (exact) mass is 282 g/mol. The third-order valence-corrected chi connectivity index (χ3v) is 5.89. The van der Waals surface area contributed by atoms with Gasteiger partial charge in [-0.2, -0.15) is 23.1 Å². The lowest BCUT2D eigenvalue weighted by Crippen LogP contribution is -2.47. The van der Waals surface area contributed by atoms with Crippen molar-refractivity contribution in [1.82, 2.24) is 10.2 Å². The van der Waals surface area contributed by atoms with Gasteiger partial charge in [0.1, 0.15) is 0 Å². The van der Waals surface area contributed by atoms with Gasteiger partial charge in [0.15, 0.2) is 0 Å². The number of piperazine rings is 1. The molecule has 1 aromatic heterocycles. The van der Waals surface area contributed by atoms with Crippen LogP contribution in [0.5, 0.6) is 0 Å². The van der Waals surface area contributed by atoms with E-state index in [1.807, 2.05) is 11.3 Å². The summed E-state index contributed by atoms with van der Waals surface area (Å²) in [6.07, 6.45) is 2.80. The standard InChI is InChI=1S/C14H22N2S2/c1-8-17-9-2-12(1)14(13-3-10-18-11-13)16-6-4-15-5-7-16/h3,10-12,14-15H,1-2,4-9H2/t14-/m0/s1. The maximum atomic E-state index is 3.47. The van der Waals surface area contributed by atoms with Gasteiger partial charge in [-0.05, 0) is 52.7 Å². The number of rotatable bonds is 3. The van der Waals surface area contributed by atoms with Crippen LogP contribution in [0, 0.1) is 5.92 Å². The van der Waals surface area contributed by atoms with E-state index in [0.717, 1.165) is 19.0 Å². The highest BCUT2D eigenvalue weighted by Crippen LogP contribution is 2.38. The first-order valence-corrected chi connectivity index (χ1v) is 9.09. The third kappa shape index (κ3) is 2.93. The van der Waals surface area contributed by atoms with Crippen LogP contribution in [0.2, 0.25) is 0 Å². The molecule has 2 fully saturated rings. The number of thiophene rings is 1. The Morgan fingerprint density at radius 2 is 2.00 bits per heavy atom. The number of hydrogen-bond donors (Lipinski definition) is 1. The van der Waals surface area contributed by atoms with E-state index in [2.05, 4.69) is 38.8 Å². The number of thioether (sulfide) groups is 1. The predicted octanol–water partition coefficient (Wildman–Crippen LogP) is 2.84. The largest absolute Gasteiger partial charge is 0.314 e. The van der Waals surface area contributed by atoms with Gasteiger partial charge in [0.25, 0.3) is 0 Å². The maximum absolute atomic E-state index is 3.47. The lowest BCUT2D eigenvalue weighted by atomic mass is 9.88. The van der Waals surface area contributed by atoms with Gasteiger partial charge >= 0.3 is 0 Å². The molecule has 0 bridgehead atoms. The Hall–Kier alpha value is -0.0300. The van der Waals surface area contributed by atoms with E-state index in [0.29, 0.717) is 6.04 Å². The van der Waals surface area contributed by atoms with E-state index in [9.17, 15) is 0 Å². The number of nitrogens with one attached hydrogen (secondary N) is 1.